The number of nitrogens with one attached hydrogen (secondary N) is 1. The first-order valence-corrected chi connectivity index (χ1v) is 11.4. The van der Waals surface area contributed by atoms with Gasteiger partial charge in [-0.1, -0.05) is 83.1 Å². The number of hydrogen-bond donors (Lipinski definition) is 2. The van der Waals surface area contributed by atoms with Crippen molar-refractivity contribution in [2.75, 3.05) is 11.9 Å². The van der Waals surface area contributed by atoms with Crippen molar-refractivity contribution in [3.05, 3.63) is 42.0 Å². The third-order valence-electron chi connectivity index (χ3n) is 5.29. The summed E-state index contributed by atoms with van der Waals surface area (Å²) in [6.07, 6.45) is 19.8. The van der Waals surface area contributed by atoms with Crippen molar-refractivity contribution in [1.82, 2.24) is 0 Å². The fraction of sp³-hybridized carbons (Fsp3) is 0.640. The van der Waals surface area contributed by atoms with Gasteiger partial charge in [0.15, 0.2) is 0 Å². The number of unbranched alkanes of at least 4 members (excludes halogenated alkanes) is 9. The lowest BCUT2D eigenvalue weighted by molar-refractivity contribution is -0.138. The number of benzene rings is 1. The zero-order chi connectivity index (χ0) is 20.5. The highest BCUT2D eigenvalue weighted by molar-refractivity contribution is 5.76. The Kier molecular flexibility index (Phi) is 14.0. The Balaban J connectivity index is 2.03. The van der Waals surface area contributed by atoms with E-state index in [-0.39, 0.29) is 0 Å². The molecule has 1 aromatic carbocycles. The molecule has 0 heterocycles. The van der Waals surface area contributed by atoms with Gasteiger partial charge in [-0.2, -0.15) is 0 Å². The lowest BCUT2D eigenvalue weighted by Gasteiger charge is -2.11. The Bertz CT molecular complexity index is 536. The fourth-order valence-corrected chi connectivity index (χ4v) is 3.47. The molecule has 0 aromatic heterocycles. The Morgan fingerprint density at radius 3 is 2.04 bits per heavy atom. The van der Waals surface area contributed by atoms with Crippen molar-refractivity contribution < 1.29 is 9.90 Å². The number of carboxylic acid groups (broad SMARTS) is 1. The predicted octanol–water partition coefficient (Wildman–Crippen LogP) is 7.54. The molecule has 3 nitrogen and oxygen atoms in total. The molecular weight excluding hydrogens is 346 g/mol. The highest BCUT2D eigenvalue weighted by Gasteiger charge is 2.16. The second-order valence-electron chi connectivity index (χ2n) is 7.73. The Labute approximate surface area is 172 Å². The molecule has 3 heteroatoms. The first-order valence-electron chi connectivity index (χ1n) is 11.4. The van der Waals surface area contributed by atoms with Crippen LogP contribution in [-0.2, 0) is 4.79 Å². The van der Waals surface area contributed by atoms with Crippen LogP contribution in [0.4, 0.5) is 5.69 Å². The number of anilines is 1. The quantitative estimate of drug-likeness (QED) is 0.214. The van der Waals surface area contributed by atoms with E-state index in [0.717, 1.165) is 30.6 Å². The zero-order valence-electron chi connectivity index (χ0n) is 18.1. The van der Waals surface area contributed by atoms with Crippen LogP contribution in [0.25, 0.3) is 0 Å². The van der Waals surface area contributed by atoms with Gasteiger partial charge in [-0.25, -0.2) is 0 Å². The van der Waals surface area contributed by atoms with Crippen LogP contribution in [0, 0.1) is 0 Å². The molecule has 0 saturated heterocycles. The molecule has 28 heavy (non-hydrogen) atoms. The molecule has 0 radical (unpaired) electrons. The van der Waals surface area contributed by atoms with E-state index in [0.29, 0.717) is 6.42 Å². The summed E-state index contributed by atoms with van der Waals surface area (Å²) in [4.78, 5) is 11.2. The van der Waals surface area contributed by atoms with E-state index < -0.39 is 11.9 Å². The van der Waals surface area contributed by atoms with Gasteiger partial charge in [-0.3, -0.25) is 4.79 Å². The molecule has 1 aromatic rings. The van der Waals surface area contributed by atoms with Gasteiger partial charge in [0.05, 0.1) is 5.92 Å². The summed E-state index contributed by atoms with van der Waals surface area (Å²) in [6.45, 7) is 5.12. The van der Waals surface area contributed by atoms with Crippen molar-refractivity contribution in [1.29, 1.82) is 0 Å². The highest BCUT2D eigenvalue weighted by atomic mass is 16.4. The minimum absolute atomic E-state index is 0.403. The Morgan fingerprint density at radius 1 is 0.893 bits per heavy atom. The average Bonchev–Trinajstić information content (AvgIpc) is 2.69. The molecule has 1 unspecified atom stereocenters. The normalized spacial score (nSPS) is 12.4. The maximum atomic E-state index is 11.2. The summed E-state index contributed by atoms with van der Waals surface area (Å²) in [6, 6.07) is 7.82. The third kappa shape index (κ3) is 11.2. The number of carboxylic acids is 1. The molecule has 0 aliphatic rings. The van der Waals surface area contributed by atoms with Gasteiger partial charge in [0.1, 0.15) is 0 Å². The molecule has 0 spiro atoms. The highest BCUT2D eigenvalue weighted by Crippen LogP contribution is 2.21. The number of rotatable bonds is 17. The Hall–Kier alpha value is -1.77. The van der Waals surface area contributed by atoms with E-state index in [1.165, 1.54) is 57.8 Å². The van der Waals surface area contributed by atoms with E-state index in [9.17, 15) is 9.90 Å². The number of hydrogen-bond acceptors (Lipinski definition) is 2. The molecule has 0 fully saturated rings. The molecule has 1 atom stereocenters. The van der Waals surface area contributed by atoms with Gasteiger partial charge >= 0.3 is 5.97 Å². The summed E-state index contributed by atoms with van der Waals surface area (Å²) in [7, 11) is 0. The maximum Gasteiger partial charge on any atom is 0.310 e. The van der Waals surface area contributed by atoms with Crippen LogP contribution in [-0.4, -0.2) is 17.6 Å². The van der Waals surface area contributed by atoms with Crippen LogP contribution in [0.2, 0.25) is 0 Å². The van der Waals surface area contributed by atoms with E-state index >= 15 is 0 Å². The topological polar surface area (TPSA) is 49.3 Å². The van der Waals surface area contributed by atoms with Crippen LogP contribution in [0.3, 0.4) is 0 Å². The summed E-state index contributed by atoms with van der Waals surface area (Å²) in [5.41, 5.74) is 1.94. The number of carbonyl (C=O) groups is 1. The minimum Gasteiger partial charge on any atom is -0.481 e. The van der Waals surface area contributed by atoms with Gasteiger partial charge < -0.3 is 10.4 Å². The molecule has 0 aliphatic carbocycles. The van der Waals surface area contributed by atoms with Crippen LogP contribution in [0.5, 0.6) is 0 Å². The lowest BCUT2D eigenvalue weighted by atomic mass is 9.96. The number of aliphatic carboxylic acids is 1. The summed E-state index contributed by atoms with van der Waals surface area (Å²) >= 11 is 0. The third-order valence-corrected chi connectivity index (χ3v) is 5.29. The molecule has 0 bridgehead atoms. The van der Waals surface area contributed by atoms with Gasteiger partial charge in [-0.15, -0.1) is 0 Å². The first kappa shape index (κ1) is 24.3. The second kappa shape index (κ2) is 16.2. The smallest absolute Gasteiger partial charge is 0.310 e. The molecule has 0 amide bonds. The lowest BCUT2D eigenvalue weighted by Crippen LogP contribution is -2.10. The van der Waals surface area contributed by atoms with Crippen molar-refractivity contribution in [2.45, 2.75) is 96.8 Å². The SMILES string of the molecule is CCCCCCCCCCC=CCCCNc1ccc(C(CC)C(=O)O)cc1. The first-order chi connectivity index (χ1) is 13.7. The number of allylic oxidation sites excluding steroid dienone is 2. The van der Waals surface area contributed by atoms with Crippen molar-refractivity contribution in [3.63, 3.8) is 0 Å². The summed E-state index contributed by atoms with van der Waals surface area (Å²) < 4.78 is 0. The molecule has 0 aliphatic heterocycles. The minimum atomic E-state index is -0.748. The molecular formula is C25H41NO2. The average molecular weight is 388 g/mol. The van der Waals surface area contributed by atoms with Gasteiger partial charge in [0.25, 0.3) is 0 Å². The largest absolute Gasteiger partial charge is 0.481 e. The second-order valence-corrected chi connectivity index (χ2v) is 7.73. The maximum absolute atomic E-state index is 11.2. The fourth-order valence-electron chi connectivity index (χ4n) is 3.47. The van der Waals surface area contributed by atoms with Crippen molar-refractivity contribution >= 4 is 11.7 Å². The molecule has 158 valence electrons. The molecule has 0 saturated carbocycles. The van der Waals surface area contributed by atoms with Crippen LogP contribution in [0.15, 0.2) is 36.4 Å². The van der Waals surface area contributed by atoms with Crippen molar-refractivity contribution in [2.24, 2.45) is 0 Å². The predicted molar refractivity (Wildman–Crippen MR) is 121 cm³/mol. The van der Waals surface area contributed by atoms with Gasteiger partial charge in [-0.05, 0) is 49.8 Å². The van der Waals surface area contributed by atoms with Crippen LogP contribution >= 0.6 is 0 Å². The molecule has 1 rings (SSSR count). The van der Waals surface area contributed by atoms with E-state index in [2.05, 4.69) is 24.4 Å². The van der Waals surface area contributed by atoms with E-state index in [1.807, 2.05) is 31.2 Å². The molecule has 2 N–H and O–H groups in total. The zero-order valence-corrected chi connectivity index (χ0v) is 18.1. The van der Waals surface area contributed by atoms with Gasteiger partial charge in [0, 0.05) is 12.2 Å². The monoisotopic (exact) mass is 387 g/mol. The summed E-state index contributed by atoms with van der Waals surface area (Å²) in [5.74, 6) is -1.15. The van der Waals surface area contributed by atoms with Gasteiger partial charge in [0.2, 0.25) is 0 Å². The standard InChI is InChI=1S/C25H41NO2/c1-3-5-6-7-8-9-10-11-12-13-14-15-16-21-26-23-19-17-22(18-20-23)24(4-2)25(27)28/h13-14,17-20,24,26H,3-12,15-16,21H2,1-2H3,(H,27,28). The van der Waals surface area contributed by atoms with E-state index in [4.69, 9.17) is 0 Å². The Morgan fingerprint density at radius 2 is 1.46 bits per heavy atom. The van der Waals surface area contributed by atoms with Crippen molar-refractivity contribution in [3.8, 4) is 0 Å². The van der Waals surface area contributed by atoms with E-state index in [1.54, 1.807) is 0 Å². The van der Waals surface area contributed by atoms with Crippen LogP contribution in [0.1, 0.15) is 102 Å². The van der Waals surface area contributed by atoms with Crippen LogP contribution < -0.4 is 5.32 Å². The summed E-state index contributed by atoms with van der Waals surface area (Å²) in [5, 5.41) is 12.6.